The number of para-hydroxylation sites is 1. The lowest BCUT2D eigenvalue weighted by atomic mass is 9.97. The van der Waals surface area contributed by atoms with Gasteiger partial charge in [-0.15, -0.1) is 10.2 Å². The van der Waals surface area contributed by atoms with Gasteiger partial charge in [0, 0.05) is 23.3 Å². The van der Waals surface area contributed by atoms with Crippen LogP contribution in [0.2, 0.25) is 5.02 Å². The number of aromatic nitrogens is 3. The summed E-state index contributed by atoms with van der Waals surface area (Å²) in [6.45, 7) is 4.31. The Hall–Kier alpha value is -2.31. The molecule has 0 radical (unpaired) electrons. The largest absolute Gasteiger partial charge is 0.325 e. The summed E-state index contributed by atoms with van der Waals surface area (Å²) in [5, 5.41) is 12.9. The highest BCUT2D eigenvalue weighted by Crippen LogP contribution is 2.27. The van der Waals surface area contributed by atoms with E-state index in [1.807, 2.05) is 54.1 Å². The Morgan fingerprint density at radius 3 is 2.61 bits per heavy atom. The number of anilines is 1. The zero-order chi connectivity index (χ0) is 20.1. The molecule has 0 saturated heterocycles. The number of amides is 1. The molecule has 0 spiro atoms. The third-order valence-electron chi connectivity index (χ3n) is 4.65. The molecule has 3 rings (SSSR count). The summed E-state index contributed by atoms with van der Waals surface area (Å²) in [5.41, 5.74) is 2.97. The van der Waals surface area contributed by atoms with Crippen LogP contribution < -0.4 is 5.32 Å². The van der Waals surface area contributed by atoms with Crippen LogP contribution >= 0.6 is 23.4 Å². The van der Waals surface area contributed by atoms with Gasteiger partial charge in [0.05, 0.1) is 5.75 Å². The van der Waals surface area contributed by atoms with Crippen molar-refractivity contribution in [1.29, 1.82) is 0 Å². The summed E-state index contributed by atoms with van der Waals surface area (Å²) in [6.07, 6.45) is 1.02. The molecule has 0 aliphatic carbocycles. The van der Waals surface area contributed by atoms with Gasteiger partial charge < -0.3 is 9.88 Å². The van der Waals surface area contributed by atoms with Crippen LogP contribution in [0.4, 0.5) is 5.69 Å². The number of carbonyl (C=O) groups is 1. The predicted molar refractivity (Wildman–Crippen MR) is 116 cm³/mol. The van der Waals surface area contributed by atoms with E-state index in [4.69, 9.17) is 11.6 Å². The fourth-order valence-corrected chi connectivity index (χ4v) is 3.70. The molecule has 0 aliphatic heterocycles. The molecule has 1 heterocycles. The molecule has 2 aromatic carbocycles. The molecule has 0 aliphatic rings. The molecular weight excluding hydrogens is 392 g/mol. The van der Waals surface area contributed by atoms with Crippen molar-refractivity contribution in [3.63, 3.8) is 0 Å². The number of carbonyl (C=O) groups excluding carboxylic acids is 1. The second-order valence-corrected chi connectivity index (χ2v) is 7.98. The molecule has 1 aromatic heterocycles. The van der Waals surface area contributed by atoms with Gasteiger partial charge in [-0.1, -0.05) is 55.4 Å². The maximum Gasteiger partial charge on any atom is 0.234 e. The lowest BCUT2D eigenvalue weighted by molar-refractivity contribution is -0.113. The van der Waals surface area contributed by atoms with E-state index in [9.17, 15) is 4.79 Å². The van der Waals surface area contributed by atoms with Gasteiger partial charge in [0.2, 0.25) is 5.91 Å². The molecule has 28 heavy (non-hydrogen) atoms. The number of hydrogen-bond donors (Lipinski definition) is 1. The maximum absolute atomic E-state index is 12.5. The van der Waals surface area contributed by atoms with E-state index in [1.54, 1.807) is 0 Å². The molecule has 146 valence electrons. The van der Waals surface area contributed by atoms with Crippen LogP contribution in [-0.2, 0) is 11.8 Å². The molecule has 0 saturated carbocycles. The van der Waals surface area contributed by atoms with Crippen LogP contribution in [0.1, 0.15) is 31.7 Å². The van der Waals surface area contributed by atoms with E-state index in [0.717, 1.165) is 29.1 Å². The van der Waals surface area contributed by atoms with Gasteiger partial charge in [0.25, 0.3) is 0 Å². The van der Waals surface area contributed by atoms with Gasteiger partial charge in [-0.25, -0.2) is 0 Å². The predicted octanol–water partition coefficient (Wildman–Crippen LogP) is 5.38. The molecule has 1 N–H and O–H groups in total. The molecule has 1 amide bonds. The molecule has 7 heteroatoms. The quantitative estimate of drug-likeness (QED) is 0.527. The number of hydrogen-bond acceptors (Lipinski definition) is 4. The van der Waals surface area contributed by atoms with Crippen LogP contribution in [0.15, 0.2) is 53.7 Å². The molecule has 5 nitrogen and oxygen atoms in total. The topological polar surface area (TPSA) is 59.8 Å². The number of thioether (sulfide) groups is 1. The smallest absolute Gasteiger partial charge is 0.234 e. The second kappa shape index (κ2) is 9.26. The zero-order valence-electron chi connectivity index (χ0n) is 16.1. The Morgan fingerprint density at radius 2 is 1.89 bits per heavy atom. The molecular formula is C21H23ClN4OS. The summed E-state index contributed by atoms with van der Waals surface area (Å²) in [5.74, 6) is 1.34. The summed E-state index contributed by atoms with van der Waals surface area (Å²) >= 11 is 7.31. The number of nitrogens with one attached hydrogen (secondary N) is 1. The Balaban J connectivity index is 1.65. The van der Waals surface area contributed by atoms with Crippen molar-refractivity contribution < 1.29 is 4.79 Å². The maximum atomic E-state index is 12.5. The average molecular weight is 415 g/mol. The van der Waals surface area contributed by atoms with Gasteiger partial charge in [0.1, 0.15) is 0 Å². The van der Waals surface area contributed by atoms with Crippen molar-refractivity contribution in [3.8, 4) is 11.4 Å². The lowest BCUT2D eigenvalue weighted by Gasteiger charge is -2.15. The van der Waals surface area contributed by atoms with Crippen LogP contribution in [0, 0.1) is 0 Å². The van der Waals surface area contributed by atoms with Crippen LogP contribution in [0.25, 0.3) is 11.4 Å². The van der Waals surface area contributed by atoms with Gasteiger partial charge in [0.15, 0.2) is 11.0 Å². The summed E-state index contributed by atoms with van der Waals surface area (Å²) < 4.78 is 1.88. The monoisotopic (exact) mass is 414 g/mol. The average Bonchev–Trinajstić information content (AvgIpc) is 3.07. The Labute approximate surface area is 174 Å². The Kier molecular flexibility index (Phi) is 6.75. The van der Waals surface area contributed by atoms with E-state index in [-0.39, 0.29) is 11.7 Å². The van der Waals surface area contributed by atoms with E-state index >= 15 is 0 Å². The molecule has 0 unspecified atom stereocenters. The first-order chi connectivity index (χ1) is 13.5. The summed E-state index contributed by atoms with van der Waals surface area (Å²) in [6, 6.07) is 15.4. The minimum Gasteiger partial charge on any atom is -0.325 e. The minimum atomic E-state index is -0.0585. The van der Waals surface area contributed by atoms with Crippen molar-refractivity contribution in [2.24, 2.45) is 7.05 Å². The van der Waals surface area contributed by atoms with E-state index in [0.29, 0.717) is 16.1 Å². The van der Waals surface area contributed by atoms with Gasteiger partial charge in [-0.05, 0) is 48.2 Å². The van der Waals surface area contributed by atoms with E-state index < -0.39 is 0 Å². The van der Waals surface area contributed by atoms with E-state index in [2.05, 4.69) is 35.4 Å². The number of rotatable bonds is 7. The highest BCUT2D eigenvalue weighted by Gasteiger charge is 2.15. The van der Waals surface area contributed by atoms with Crippen molar-refractivity contribution in [1.82, 2.24) is 14.8 Å². The van der Waals surface area contributed by atoms with Crippen molar-refractivity contribution in [2.75, 3.05) is 11.1 Å². The summed E-state index contributed by atoms with van der Waals surface area (Å²) in [4.78, 5) is 12.5. The van der Waals surface area contributed by atoms with Crippen molar-refractivity contribution in [2.45, 2.75) is 31.3 Å². The molecule has 0 fully saturated rings. The highest BCUT2D eigenvalue weighted by molar-refractivity contribution is 7.99. The Bertz CT molecular complexity index is 955. The van der Waals surface area contributed by atoms with Gasteiger partial charge in [-0.3, -0.25) is 4.79 Å². The van der Waals surface area contributed by atoms with Crippen LogP contribution in [-0.4, -0.2) is 26.4 Å². The standard InChI is InChI=1S/C21H23ClN4OS/c1-4-14(2)17-7-5-6-8-18(17)23-19(27)13-28-21-25-24-20(26(21)3)15-9-11-16(22)12-10-15/h5-12,14H,4,13H2,1-3H3,(H,23,27)/t14-/m1/s1. The van der Waals surface area contributed by atoms with Crippen molar-refractivity contribution >= 4 is 35.0 Å². The number of halogens is 1. The summed E-state index contributed by atoms with van der Waals surface area (Å²) in [7, 11) is 1.89. The highest BCUT2D eigenvalue weighted by atomic mass is 35.5. The SMILES string of the molecule is CC[C@@H](C)c1ccccc1NC(=O)CSc1nnc(-c2ccc(Cl)cc2)n1C. The van der Waals surface area contributed by atoms with Gasteiger partial charge in [-0.2, -0.15) is 0 Å². The third-order valence-corrected chi connectivity index (χ3v) is 5.92. The molecule has 3 aromatic rings. The number of benzene rings is 2. The van der Waals surface area contributed by atoms with Crippen molar-refractivity contribution in [3.05, 3.63) is 59.1 Å². The lowest BCUT2D eigenvalue weighted by Crippen LogP contribution is -2.16. The molecule has 1 atom stereocenters. The normalized spacial score (nSPS) is 12.0. The fourth-order valence-electron chi connectivity index (χ4n) is 2.87. The number of nitrogens with zero attached hydrogens (tertiary/aromatic N) is 3. The first-order valence-electron chi connectivity index (χ1n) is 9.16. The minimum absolute atomic E-state index is 0.0585. The first-order valence-corrected chi connectivity index (χ1v) is 10.5. The third kappa shape index (κ3) is 4.75. The van der Waals surface area contributed by atoms with Crippen LogP contribution in [0.5, 0.6) is 0 Å². The first kappa shape index (κ1) is 20.4. The van der Waals surface area contributed by atoms with E-state index in [1.165, 1.54) is 11.8 Å². The molecule has 0 bridgehead atoms. The zero-order valence-corrected chi connectivity index (χ0v) is 17.7. The van der Waals surface area contributed by atoms with Gasteiger partial charge >= 0.3 is 0 Å². The Morgan fingerprint density at radius 1 is 1.18 bits per heavy atom. The van der Waals surface area contributed by atoms with Crippen LogP contribution in [0.3, 0.4) is 0 Å². The second-order valence-electron chi connectivity index (χ2n) is 6.61. The fraction of sp³-hybridized carbons (Fsp3) is 0.286.